The zero-order valence-corrected chi connectivity index (χ0v) is 10.5. The van der Waals surface area contributed by atoms with Crippen molar-refractivity contribution in [1.29, 1.82) is 0 Å². The van der Waals surface area contributed by atoms with Gasteiger partial charge in [-0.05, 0) is 30.9 Å². The van der Waals surface area contributed by atoms with E-state index in [2.05, 4.69) is 0 Å². The average molecular weight is 235 g/mol. The second-order valence-corrected chi connectivity index (χ2v) is 4.95. The van der Waals surface area contributed by atoms with Crippen LogP contribution in [-0.2, 0) is 11.8 Å². The van der Waals surface area contributed by atoms with Crippen molar-refractivity contribution < 1.29 is 9.53 Å². The number of aryl methyl sites for hydroxylation is 1. The largest absolute Gasteiger partial charge is 0.373 e. The predicted molar refractivity (Wildman–Crippen MR) is 67.1 cm³/mol. The Morgan fingerprint density at radius 3 is 2.82 bits per heavy atom. The zero-order valence-electron chi connectivity index (χ0n) is 10.5. The zero-order chi connectivity index (χ0) is 12.1. The van der Waals surface area contributed by atoms with Crippen LogP contribution in [0, 0.1) is 5.92 Å². The van der Waals surface area contributed by atoms with Crippen molar-refractivity contribution in [2.75, 3.05) is 13.2 Å². The smallest absolute Gasteiger partial charge is 0.204 e. The number of hydrogen-bond acceptors (Lipinski definition) is 2. The van der Waals surface area contributed by atoms with Crippen LogP contribution in [0.3, 0.4) is 0 Å². The molecule has 1 aliphatic rings. The summed E-state index contributed by atoms with van der Waals surface area (Å²) < 4.78 is 7.39. The van der Waals surface area contributed by atoms with Crippen LogP contribution in [0.25, 0.3) is 0 Å². The van der Waals surface area contributed by atoms with E-state index >= 15 is 0 Å². The van der Waals surface area contributed by atoms with E-state index in [-0.39, 0.29) is 12.4 Å². The van der Waals surface area contributed by atoms with Crippen LogP contribution in [0.4, 0.5) is 0 Å². The highest BCUT2D eigenvalue weighted by Crippen LogP contribution is 2.23. The summed E-state index contributed by atoms with van der Waals surface area (Å²) in [4.78, 5) is 11.8. The number of ether oxygens (including phenoxy) is 1. The van der Waals surface area contributed by atoms with Crippen molar-refractivity contribution in [3.8, 4) is 0 Å². The maximum atomic E-state index is 11.8. The third-order valence-electron chi connectivity index (χ3n) is 3.54. The van der Waals surface area contributed by atoms with Gasteiger partial charge in [0.05, 0.1) is 12.3 Å². The monoisotopic (exact) mass is 235 g/mol. The summed E-state index contributed by atoms with van der Waals surface area (Å²) in [5.74, 6) is 0.748. The van der Waals surface area contributed by atoms with Crippen molar-refractivity contribution in [3.05, 3.63) is 24.0 Å². The summed E-state index contributed by atoms with van der Waals surface area (Å²) in [6, 6.07) is 3.72. The molecule has 0 amide bonds. The van der Waals surface area contributed by atoms with Crippen LogP contribution >= 0.6 is 0 Å². The lowest BCUT2D eigenvalue weighted by Crippen LogP contribution is -2.18. The topological polar surface area (TPSA) is 31.2 Å². The van der Waals surface area contributed by atoms with Crippen LogP contribution in [-0.4, -0.2) is 23.6 Å². The summed E-state index contributed by atoms with van der Waals surface area (Å²) in [7, 11) is 1.88. The van der Waals surface area contributed by atoms with Gasteiger partial charge >= 0.3 is 0 Å². The molecule has 0 N–H and O–H groups in total. The van der Waals surface area contributed by atoms with E-state index in [9.17, 15) is 4.79 Å². The van der Waals surface area contributed by atoms with Gasteiger partial charge < -0.3 is 9.30 Å². The molecule has 0 aliphatic heterocycles. The van der Waals surface area contributed by atoms with Crippen LogP contribution in [0.1, 0.15) is 42.6 Å². The second kappa shape index (κ2) is 6.01. The molecule has 1 heterocycles. The van der Waals surface area contributed by atoms with Gasteiger partial charge in [-0.15, -0.1) is 0 Å². The van der Waals surface area contributed by atoms with Crippen LogP contribution in [0.15, 0.2) is 18.3 Å². The Bertz CT molecular complexity index is 364. The summed E-state index contributed by atoms with van der Waals surface area (Å²) >= 11 is 0. The van der Waals surface area contributed by atoms with E-state index in [1.165, 1.54) is 32.1 Å². The lowest BCUT2D eigenvalue weighted by Gasteiger charge is -2.21. The fourth-order valence-electron chi connectivity index (χ4n) is 2.50. The van der Waals surface area contributed by atoms with Crippen LogP contribution in [0.2, 0.25) is 0 Å². The Labute approximate surface area is 103 Å². The van der Waals surface area contributed by atoms with Crippen molar-refractivity contribution in [2.24, 2.45) is 13.0 Å². The molecule has 3 nitrogen and oxygen atoms in total. The molecule has 1 fully saturated rings. The maximum Gasteiger partial charge on any atom is 0.204 e. The van der Waals surface area contributed by atoms with Crippen LogP contribution < -0.4 is 0 Å². The van der Waals surface area contributed by atoms with Gasteiger partial charge in [0.25, 0.3) is 0 Å². The summed E-state index contributed by atoms with van der Waals surface area (Å²) in [5.41, 5.74) is 0.730. The third kappa shape index (κ3) is 3.43. The van der Waals surface area contributed by atoms with E-state index in [0.29, 0.717) is 5.92 Å². The molecule has 0 unspecified atom stereocenters. The van der Waals surface area contributed by atoms with Crippen molar-refractivity contribution in [3.63, 3.8) is 0 Å². The molecule has 0 atom stereocenters. The fourth-order valence-corrected chi connectivity index (χ4v) is 2.50. The van der Waals surface area contributed by atoms with Gasteiger partial charge in [0, 0.05) is 13.2 Å². The Morgan fingerprint density at radius 2 is 2.18 bits per heavy atom. The molecule has 0 saturated heterocycles. The first kappa shape index (κ1) is 12.4. The van der Waals surface area contributed by atoms with Gasteiger partial charge in [-0.1, -0.05) is 19.3 Å². The first-order valence-corrected chi connectivity index (χ1v) is 6.49. The molecule has 2 rings (SSSR count). The van der Waals surface area contributed by atoms with Gasteiger partial charge in [0.15, 0.2) is 0 Å². The Hall–Kier alpha value is -1.09. The molecule has 0 radical (unpaired) electrons. The minimum Gasteiger partial charge on any atom is -0.373 e. The number of Topliss-reactive ketones (excluding diaryl/α,β-unsaturated/α-hetero) is 1. The molecule has 0 spiro atoms. The van der Waals surface area contributed by atoms with Crippen molar-refractivity contribution in [2.45, 2.75) is 32.1 Å². The first-order chi connectivity index (χ1) is 8.27. The molecule has 1 aromatic rings. The maximum absolute atomic E-state index is 11.8. The molecule has 3 heteroatoms. The van der Waals surface area contributed by atoms with Gasteiger partial charge in [-0.2, -0.15) is 0 Å². The number of carbonyl (C=O) groups is 1. The van der Waals surface area contributed by atoms with Gasteiger partial charge in [0.1, 0.15) is 6.61 Å². The average Bonchev–Trinajstić information content (AvgIpc) is 2.77. The van der Waals surface area contributed by atoms with E-state index < -0.39 is 0 Å². The number of hydrogen-bond donors (Lipinski definition) is 0. The molecular formula is C14H21NO2. The number of aromatic nitrogens is 1. The standard InChI is InChI=1S/C14H21NO2/c1-15-9-5-8-13(15)14(16)11-17-10-12-6-3-2-4-7-12/h5,8-9,12H,2-4,6-7,10-11H2,1H3. The normalized spacial score (nSPS) is 17.2. The Balaban J connectivity index is 1.71. The van der Waals surface area contributed by atoms with Gasteiger partial charge in [-0.25, -0.2) is 0 Å². The van der Waals surface area contributed by atoms with Crippen molar-refractivity contribution >= 4 is 5.78 Å². The molecule has 94 valence electrons. The highest BCUT2D eigenvalue weighted by atomic mass is 16.5. The molecule has 17 heavy (non-hydrogen) atoms. The molecule has 1 aliphatic carbocycles. The highest BCUT2D eigenvalue weighted by molar-refractivity contribution is 5.95. The minimum absolute atomic E-state index is 0.0771. The summed E-state index contributed by atoms with van der Waals surface area (Å²) in [5, 5.41) is 0. The summed E-state index contributed by atoms with van der Waals surface area (Å²) in [6.45, 7) is 0.963. The van der Waals surface area contributed by atoms with E-state index in [0.717, 1.165) is 12.3 Å². The molecular weight excluding hydrogens is 214 g/mol. The first-order valence-electron chi connectivity index (χ1n) is 6.49. The molecule has 0 aromatic carbocycles. The number of ketones is 1. The lowest BCUT2D eigenvalue weighted by atomic mass is 9.90. The fraction of sp³-hybridized carbons (Fsp3) is 0.643. The summed E-state index contributed by atoms with van der Waals surface area (Å²) in [6.07, 6.45) is 8.41. The number of nitrogens with zero attached hydrogens (tertiary/aromatic N) is 1. The Morgan fingerprint density at radius 1 is 1.41 bits per heavy atom. The van der Waals surface area contributed by atoms with Crippen LogP contribution in [0.5, 0.6) is 0 Å². The Kier molecular flexibility index (Phi) is 4.37. The molecule has 0 bridgehead atoms. The highest BCUT2D eigenvalue weighted by Gasteiger charge is 2.15. The van der Waals surface area contributed by atoms with E-state index in [4.69, 9.17) is 4.74 Å². The van der Waals surface area contributed by atoms with E-state index in [1.54, 1.807) is 0 Å². The second-order valence-electron chi connectivity index (χ2n) is 4.95. The molecule has 1 aromatic heterocycles. The predicted octanol–water partition coefficient (Wildman–Crippen LogP) is 2.80. The van der Waals surface area contributed by atoms with Gasteiger partial charge in [0.2, 0.25) is 5.78 Å². The van der Waals surface area contributed by atoms with Gasteiger partial charge in [-0.3, -0.25) is 4.79 Å². The third-order valence-corrected chi connectivity index (χ3v) is 3.54. The SMILES string of the molecule is Cn1cccc1C(=O)COCC1CCCCC1. The van der Waals surface area contributed by atoms with Crippen molar-refractivity contribution in [1.82, 2.24) is 4.57 Å². The number of rotatable bonds is 5. The quantitative estimate of drug-likeness (QED) is 0.735. The lowest BCUT2D eigenvalue weighted by molar-refractivity contribution is 0.0622. The van der Waals surface area contributed by atoms with E-state index in [1.807, 2.05) is 29.9 Å². The minimum atomic E-state index is 0.0771. The number of carbonyl (C=O) groups excluding carboxylic acids is 1. The molecule has 1 saturated carbocycles.